The zero-order valence-electron chi connectivity index (χ0n) is 7.61. The second-order valence-electron chi connectivity index (χ2n) is 3.13. The molecular weight excluding hydrogens is 259 g/mol. The molecule has 1 aromatic rings. The van der Waals surface area contributed by atoms with Gasteiger partial charge in [-0.05, 0) is 13.0 Å². The van der Waals surface area contributed by atoms with Crippen LogP contribution in [0.25, 0.3) is 0 Å². The molecule has 7 heteroatoms. The van der Waals surface area contributed by atoms with Gasteiger partial charge in [-0.3, -0.25) is 0 Å². The summed E-state index contributed by atoms with van der Waals surface area (Å²) in [5, 5.41) is 3.84. The Morgan fingerprint density at radius 1 is 1.33 bits per heavy atom. The topological polar surface area (TPSA) is 58.9 Å². The van der Waals surface area contributed by atoms with Crippen LogP contribution in [0.5, 0.6) is 0 Å². The van der Waals surface area contributed by atoms with E-state index in [9.17, 15) is 8.42 Å². The van der Waals surface area contributed by atoms with Crippen molar-refractivity contribution in [1.82, 2.24) is 0 Å². The monoisotopic (exact) mass is 264 g/mol. The molecule has 0 saturated carbocycles. The van der Waals surface area contributed by atoms with Crippen LogP contribution in [0.3, 0.4) is 0 Å². The third kappa shape index (κ3) is 1.64. The fourth-order valence-electron chi connectivity index (χ4n) is 1.37. The van der Waals surface area contributed by atoms with Crippen molar-refractivity contribution in [2.45, 2.75) is 17.9 Å². The van der Waals surface area contributed by atoms with Crippen molar-refractivity contribution in [3.8, 4) is 0 Å². The van der Waals surface area contributed by atoms with Crippen LogP contribution in [0.2, 0.25) is 10.0 Å². The molecule has 0 N–H and O–H groups in total. The van der Waals surface area contributed by atoms with Crippen LogP contribution >= 0.6 is 23.2 Å². The number of benzene rings is 1. The number of nitrogens with zero attached hydrogens (tertiary/aromatic N) is 2. The standard InChI is InChI=1S/C8H6Cl2N2O2S/c1-4-5-2-3-6(9)7(10)8(5)15(13,14)12-11-4/h2-4H,1H3. The van der Waals surface area contributed by atoms with Gasteiger partial charge in [-0.25, -0.2) is 0 Å². The van der Waals surface area contributed by atoms with E-state index in [1.807, 2.05) is 0 Å². The average Bonchev–Trinajstić information content (AvgIpc) is 2.16. The molecule has 1 aliphatic rings. The first-order valence-electron chi connectivity index (χ1n) is 4.08. The van der Waals surface area contributed by atoms with E-state index < -0.39 is 10.0 Å². The van der Waals surface area contributed by atoms with Gasteiger partial charge in [0.05, 0.1) is 16.1 Å². The lowest BCUT2D eigenvalue weighted by atomic mass is 10.1. The van der Waals surface area contributed by atoms with E-state index in [-0.39, 0.29) is 21.0 Å². The predicted octanol–water partition coefficient (Wildman–Crippen LogP) is 3.21. The Morgan fingerprint density at radius 2 is 2.00 bits per heavy atom. The predicted molar refractivity (Wildman–Crippen MR) is 56.9 cm³/mol. The minimum atomic E-state index is -3.79. The van der Waals surface area contributed by atoms with Crippen LogP contribution in [0, 0.1) is 0 Å². The van der Waals surface area contributed by atoms with Crippen molar-refractivity contribution >= 4 is 33.2 Å². The number of hydrogen-bond acceptors (Lipinski definition) is 3. The fraction of sp³-hybridized carbons (Fsp3) is 0.250. The van der Waals surface area contributed by atoms with E-state index in [1.54, 1.807) is 19.1 Å². The first-order chi connectivity index (χ1) is 6.93. The Morgan fingerprint density at radius 3 is 2.67 bits per heavy atom. The number of sulfonamides is 1. The second-order valence-corrected chi connectivity index (χ2v) is 5.43. The van der Waals surface area contributed by atoms with Gasteiger partial charge >= 0.3 is 10.0 Å². The summed E-state index contributed by atoms with van der Waals surface area (Å²) >= 11 is 11.6. The number of fused-ring (bicyclic) bond motifs is 1. The van der Waals surface area contributed by atoms with Gasteiger partial charge in [-0.2, -0.15) is 13.5 Å². The molecule has 2 rings (SSSR count). The minimum absolute atomic E-state index is 0.0136. The molecule has 0 spiro atoms. The summed E-state index contributed by atoms with van der Waals surface area (Å²) in [7, 11) is -3.79. The zero-order valence-corrected chi connectivity index (χ0v) is 9.94. The van der Waals surface area contributed by atoms with Gasteiger partial charge < -0.3 is 0 Å². The van der Waals surface area contributed by atoms with Crippen molar-refractivity contribution in [3.05, 3.63) is 27.7 Å². The molecule has 0 saturated heterocycles. The SMILES string of the molecule is CC1N=NS(=O)(=O)c2c1ccc(Cl)c2Cl. The van der Waals surface area contributed by atoms with E-state index in [1.165, 1.54) is 0 Å². The highest BCUT2D eigenvalue weighted by molar-refractivity contribution is 7.90. The zero-order chi connectivity index (χ0) is 11.2. The maximum atomic E-state index is 11.6. The Bertz CT molecular complexity index is 554. The molecule has 4 nitrogen and oxygen atoms in total. The van der Waals surface area contributed by atoms with Crippen molar-refractivity contribution in [3.63, 3.8) is 0 Å². The lowest BCUT2D eigenvalue weighted by molar-refractivity contribution is 0.581. The molecule has 0 bridgehead atoms. The molecule has 0 fully saturated rings. The number of rotatable bonds is 0. The van der Waals surface area contributed by atoms with E-state index >= 15 is 0 Å². The molecule has 15 heavy (non-hydrogen) atoms. The highest BCUT2D eigenvalue weighted by Gasteiger charge is 2.29. The first kappa shape index (κ1) is 10.9. The van der Waals surface area contributed by atoms with Crippen LogP contribution in [0.4, 0.5) is 0 Å². The summed E-state index contributed by atoms with van der Waals surface area (Å²) in [6.45, 7) is 1.74. The average molecular weight is 265 g/mol. The molecule has 1 aliphatic heterocycles. The largest absolute Gasteiger partial charge is 0.301 e. The van der Waals surface area contributed by atoms with Crippen molar-refractivity contribution < 1.29 is 8.42 Å². The maximum Gasteiger partial charge on any atom is 0.301 e. The number of halogens is 2. The highest BCUT2D eigenvalue weighted by Crippen LogP contribution is 2.39. The molecule has 0 aliphatic carbocycles. The minimum Gasteiger partial charge on any atom is -0.198 e. The Balaban J connectivity index is 2.86. The summed E-state index contributed by atoms with van der Waals surface area (Å²) in [6.07, 6.45) is 0. The van der Waals surface area contributed by atoms with Crippen molar-refractivity contribution in [2.75, 3.05) is 0 Å². The lowest BCUT2D eigenvalue weighted by Gasteiger charge is -2.16. The van der Waals surface area contributed by atoms with Gasteiger partial charge in [-0.1, -0.05) is 33.8 Å². The molecule has 80 valence electrons. The molecule has 1 heterocycles. The van der Waals surface area contributed by atoms with E-state index in [0.717, 1.165) is 0 Å². The van der Waals surface area contributed by atoms with Gasteiger partial charge in [0.15, 0.2) is 0 Å². The smallest absolute Gasteiger partial charge is 0.198 e. The van der Waals surface area contributed by atoms with Gasteiger partial charge in [0.25, 0.3) is 0 Å². The molecule has 0 aromatic heterocycles. The molecule has 1 atom stereocenters. The van der Waals surface area contributed by atoms with Crippen LogP contribution in [-0.2, 0) is 10.0 Å². The maximum absolute atomic E-state index is 11.6. The van der Waals surface area contributed by atoms with E-state index in [0.29, 0.717) is 5.56 Å². The summed E-state index contributed by atoms with van der Waals surface area (Å²) in [5.41, 5.74) is 0.527. The fourth-order valence-corrected chi connectivity index (χ4v) is 3.27. The van der Waals surface area contributed by atoms with Crippen LogP contribution < -0.4 is 0 Å². The van der Waals surface area contributed by atoms with Crippen molar-refractivity contribution in [2.24, 2.45) is 9.63 Å². The number of hydrogen-bond donors (Lipinski definition) is 0. The van der Waals surface area contributed by atoms with E-state index in [4.69, 9.17) is 23.2 Å². The highest BCUT2D eigenvalue weighted by atomic mass is 35.5. The summed E-state index contributed by atoms with van der Waals surface area (Å²) < 4.78 is 26.4. The second kappa shape index (κ2) is 3.43. The van der Waals surface area contributed by atoms with Crippen LogP contribution in [-0.4, -0.2) is 8.42 Å². The molecule has 1 unspecified atom stereocenters. The molecule has 1 aromatic carbocycles. The summed E-state index contributed by atoms with van der Waals surface area (Å²) in [6, 6.07) is 2.83. The molecular formula is C8H6Cl2N2O2S. The Kier molecular flexibility index (Phi) is 2.48. The van der Waals surface area contributed by atoms with Gasteiger partial charge in [-0.15, -0.1) is 0 Å². The van der Waals surface area contributed by atoms with Crippen LogP contribution in [0.1, 0.15) is 18.5 Å². The lowest BCUT2D eigenvalue weighted by Crippen LogP contribution is -2.09. The van der Waals surface area contributed by atoms with Gasteiger partial charge in [0, 0.05) is 5.56 Å². The summed E-state index contributed by atoms with van der Waals surface area (Å²) in [4.78, 5) is -0.0285. The quantitative estimate of drug-likeness (QED) is 0.723. The molecule has 0 radical (unpaired) electrons. The third-order valence-electron chi connectivity index (χ3n) is 2.12. The normalized spacial score (nSPS) is 22.5. The third-order valence-corrected chi connectivity index (χ3v) is 4.30. The Labute approximate surface area is 97.0 Å². The van der Waals surface area contributed by atoms with Crippen molar-refractivity contribution in [1.29, 1.82) is 0 Å². The van der Waals surface area contributed by atoms with Gasteiger partial charge in [0.1, 0.15) is 4.90 Å². The van der Waals surface area contributed by atoms with Gasteiger partial charge in [0.2, 0.25) is 0 Å². The molecule has 0 amide bonds. The summed E-state index contributed by atoms with van der Waals surface area (Å²) in [5.74, 6) is 0. The van der Waals surface area contributed by atoms with Crippen LogP contribution in [0.15, 0.2) is 26.7 Å². The first-order valence-corrected chi connectivity index (χ1v) is 6.28. The Hall–Kier alpha value is -0.650. The van der Waals surface area contributed by atoms with E-state index in [2.05, 4.69) is 9.63 Å².